The van der Waals surface area contributed by atoms with Crippen LogP contribution in [0.3, 0.4) is 0 Å². The summed E-state index contributed by atoms with van der Waals surface area (Å²) < 4.78 is 11.4. The molecule has 1 aliphatic heterocycles. The summed E-state index contributed by atoms with van der Waals surface area (Å²) in [6.45, 7) is 1.33. The van der Waals surface area contributed by atoms with Crippen molar-refractivity contribution in [2.45, 2.75) is 29.7 Å². The minimum absolute atomic E-state index is 0.0619. The lowest BCUT2D eigenvalue weighted by molar-refractivity contribution is -0.121. The lowest BCUT2D eigenvalue weighted by Gasteiger charge is -2.09. The summed E-state index contributed by atoms with van der Waals surface area (Å²) in [5.74, 6) is 0.750. The summed E-state index contributed by atoms with van der Waals surface area (Å²) in [5.41, 5.74) is 1.40. The van der Waals surface area contributed by atoms with Gasteiger partial charge in [0.15, 0.2) is 4.34 Å². The van der Waals surface area contributed by atoms with Gasteiger partial charge in [-0.3, -0.25) is 9.59 Å². The molecule has 0 spiro atoms. The van der Waals surface area contributed by atoms with Crippen molar-refractivity contribution in [3.63, 3.8) is 0 Å². The molecular formula is C19H23N3O4S2. The van der Waals surface area contributed by atoms with E-state index in [1.54, 1.807) is 13.2 Å². The second kappa shape index (κ2) is 10.4. The maximum Gasteiger partial charge on any atom is 0.234 e. The third-order valence-corrected chi connectivity index (χ3v) is 6.17. The van der Waals surface area contributed by atoms with E-state index < -0.39 is 0 Å². The first-order chi connectivity index (χ1) is 13.6. The summed E-state index contributed by atoms with van der Waals surface area (Å²) in [4.78, 5) is 28.6. The van der Waals surface area contributed by atoms with Gasteiger partial charge in [-0.25, -0.2) is 4.98 Å². The average molecular weight is 422 g/mol. The van der Waals surface area contributed by atoms with Gasteiger partial charge in [0, 0.05) is 30.3 Å². The molecule has 0 aliphatic carbocycles. The van der Waals surface area contributed by atoms with Crippen LogP contribution in [0.5, 0.6) is 5.75 Å². The molecule has 1 aromatic heterocycles. The Morgan fingerprint density at radius 3 is 3.07 bits per heavy atom. The predicted octanol–water partition coefficient (Wildman–Crippen LogP) is 2.72. The van der Waals surface area contributed by atoms with E-state index in [9.17, 15) is 9.59 Å². The van der Waals surface area contributed by atoms with Crippen molar-refractivity contribution < 1.29 is 19.1 Å². The molecule has 0 radical (unpaired) electrons. The number of carbonyl (C=O) groups is 2. The molecular weight excluding hydrogens is 398 g/mol. The number of hydrogen-bond donors (Lipinski definition) is 2. The van der Waals surface area contributed by atoms with Crippen LogP contribution in [0.1, 0.15) is 18.5 Å². The van der Waals surface area contributed by atoms with Gasteiger partial charge < -0.3 is 20.1 Å². The number of aromatic nitrogens is 1. The van der Waals surface area contributed by atoms with Crippen LogP contribution in [0.25, 0.3) is 0 Å². The zero-order valence-electron chi connectivity index (χ0n) is 15.6. The average Bonchev–Trinajstić information content (AvgIpc) is 3.37. The normalized spacial score (nSPS) is 16.0. The number of nitrogens with one attached hydrogen (secondary N) is 2. The number of anilines is 1. The molecule has 0 saturated carbocycles. The Morgan fingerprint density at radius 1 is 1.39 bits per heavy atom. The zero-order valence-corrected chi connectivity index (χ0v) is 17.2. The summed E-state index contributed by atoms with van der Waals surface area (Å²) in [5, 5.41) is 7.57. The molecule has 1 saturated heterocycles. The zero-order chi connectivity index (χ0) is 19.8. The molecule has 2 aromatic rings. The highest BCUT2D eigenvalue weighted by molar-refractivity contribution is 8.01. The molecule has 1 fully saturated rings. The predicted molar refractivity (Wildman–Crippen MR) is 110 cm³/mol. The number of thioether (sulfide) groups is 1. The fourth-order valence-corrected chi connectivity index (χ4v) is 4.37. The first kappa shape index (κ1) is 20.6. The summed E-state index contributed by atoms with van der Waals surface area (Å²) in [6, 6.07) is 7.21. The van der Waals surface area contributed by atoms with E-state index in [1.807, 2.05) is 23.6 Å². The second-order valence-electron chi connectivity index (χ2n) is 6.29. The molecule has 1 aliphatic rings. The van der Waals surface area contributed by atoms with E-state index in [0.717, 1.165) is 23.8 Å². The van der Waals surface area contributed by atoms with Crippen molar-refractivity contribution in [2.24, 2.45) is 0 Å². The van der Waals surface area contributed by atoms with E-state index in [0.29, 0.717) is 23.7 Å². The molecule has 2 heterocycles. The Bertz CT molecular complexity index is 806. The van der Waals surface area contributed by atoms with Gasteiger partial charge in [-0.1, -0.05) is 17.8 Å². The molecule has 1 unspecified atom stereocenters. The molecule has 1 atom stereocenters. The van der Waals surface area contributed by atoms with Crippen LogP contribution in [0.2, 0.25) is 0 Å². The van der Waals surface area contributed by atoms with E-state index in [-0.39, 0.29) is 30.1 Å². The van der Waals surface area contributed by atoms with Gasteiger partial charge >= 0.3 is 0 Å². The fourth-order valence-electron chi connectivity index (χ4n) is 2.72. The van der Waals surface area contributed by atoms with Gasteiger partial charge in [-0.2, -0.15) is 0 Å². The number of thiazole rings is 1. The van der Waals surface area contributed by atoms with Gasteiger partial charge in [0.05, 0.1) is 31.1 Å². The molecule has 1 aromatic carbocycles. The number of hydrogen-bond acceptors (Lipinski definition) is 7. The Labute approximate surface area is 172 Å². The van der Waals surface area contributed by atoms with Crippen molar-refractivity contribution in [3.05, 3.63) is 35.3 Å². The third-order valence-electron chi connectivity index (χ3n) is 4.10. The van der Waals surface area contributed by atoms with Crippen LogP contribution in [0.15, 0.2) is 34.0 Å². The number of rotatable bonds is 9. The highest BCUT2D eigenvalue weighted by Crippen LogP contribution is 2.23. The van der Waals surface area contributed by atoms with Crippen LogP contribution in [0.4, 0.5) is 5.69 Å². The molecule has 150 valence electrons. The monoisotopic (exact) mass is 421 g/mol. The molecule has 28 heavy (non-hydrogen) atoms. The minimum Gasteiger partial charge on any atom is -0.497 e. The Morgan fingerprint density at radius 2 is 2.29 bits per heavy atom. The topological polar surface area (TPSA) is 89.5 Å². The number of ether oxygens (including phenoxy) is 2. The summed E-state index contributed by atoms with van der Waals surface area (Å²) in [6.07, 6.45) is 2.42. The largest absolute Gasteiger partial charge is 0.497 e. The van der Waals surface area contributed by atoms with Gasteiger partial charge in [-0.05, 0) is 25.0 Å². The standard InChI is InChI=1S/C19H23N3O4S2/c1-25-15-5-2-4-13(8-15)21-18(24)12-28-19-22-14(11-27-19)9-17(23)20-10-16-6-3-7-26-16/h2,4-5,8,11,16H,3,6-7,9-10,12H2,1H3,(H,20,23)(H,21,24). The number of amides is 2. The molecule has 3 rings (SSSR count). The van der Waals surface area contributed by atoms with Crippen LogP contribution in [-0.4, -0.2) is 48.9 Å². The Balaban J connectivity index is 1.39. The van der Waals surface area contributed by atoms with E-state index in [1.165, 1.54) is 23.1 Å². The highest BCUT2D eigenvalue weighted by atomic mass is 32.2. The van der Waals surface area contributed by atoms with Crippen LogP contribution in [-0.2, 0) is 20.7 Å². The molecule has 2 N–H and O–H groups in total. The molecule has 7 nitrogen and oxygen atoms in total. The smallest absolute Gasteiger partial charge is 0.234 e. The highest BCUT2D eigenvalue weighted by Gasteiger charge is 2.17. The van der Waals surface area contributed by atoms with Crippen molar-refractivity contribution in [1.29, 1.82) is 0 Å². The van der Waals surface area contributed by atoms with Crippen molar-refractivity contribution >= 4 is 40.6 Å². The molecule has 0 bridgehead atoms. The Hall–Kier alpha value is -2.10. The van der Waals surface area contributed by atoms with Gasteiger partial charge in [0.25, 0.3) is 0 Å². The number of carbonyl (C=O) groups excluding carboxylic acids is 2. The second-order valence-corrected chi connectivity index (χ2v) is 8.37. The minimum atomic E-state index is -0.121. The fraction of sp³-hybridized carbons (Fsp3) is 0.421. The van der Waals surface area contributed by atoms with E-state index >= 15 is 0 Å². The number of benzene rings is 1. The van der Waals surface area contributed by atoms with Crippen LogP contribution < -0.4 is 15.4 Å². The lowest BCUT2D eigenvalue weighted by Crippen LogP contribution is -2.32. The van der Waals surface area contributed by atoms with Gasteiger partial charge in [0.2, 0.25) is 11.8 Å². The van der Waals surface area contributed by atoms with Crippen molar-refractivity contribution in [3.8, 4) is 5.75 Å². The first-order valence-electron chi connectivity index (χ1n) is 9.02. The van der Waals surface area contributed by atoms with Crippen molar-refractivity contribution in [1.82, 2.24) is 10.3 Å². The molecule has 2 amide bonds. The van der Waals surface area contributed by atoms with Gasteiger partial charge in [-0.15, -0.1) is 11.3 Å². The van der Waals surface area contributed by atoms with Crippen LogP contribution in [0, 0.1) is 0 Å². The lowest BCUT2D eigenvalue weighted by atomic mass is 10.2. The maximum absolute atomic E-state index is 12.1. The van der Waals surface area contributed by atoms with Crippen LogP contribution >= 0.6 is 23.1 Å². The van der Waals surface area contributed by atoms with Gasteiger partial charge in [0.1, 0.15) is 5.75 Å². The number of nitrogens with zero attached hydrogens (tertiary/aromatic N) is 1. The summed E-state index contributed by atoms with van der Waals surface area (Å²) in [7, 11) is 1.58. The van der Waals surface area contributed by atoms with Crippen molar-refractivity contribution in [2.75, 3.05) is 31.3 Å². The SMILES string of the molecule is COc1cccc(NC(=O)CSc2nc(CC(=O)NCC3CCCO3)cs2)c1. The van der Waals surface area contributed by atoms with E-state index in [2.05, 4.69) is 15.6 Å². The summed E-state index contributed by atoms with van der Waals surface area (Å²) >= 11 is 2.79. The molecule has 9 heteroatoms. The Kier molecular flexibility index (Phi) is 7.70. The third kappa shape index (κ3) is 6.50. The maximum atomic E-state index is 12.1. The van der Waals surface area contributed by atoms with E-state index in [4.69, 9.17) is 9.47 Å². The quantitative estimate of drug-likeness (QED) is 0.605. The first-order valence-corrected chi connectivity index (χ1v) is 10.9. The number of methoxy groups -OCH3 is 1.